The van der Waals surface area contributed by atoms with Crippen LogP contribution in [0.5, 0.6) is 0 Å². The third kappa shape index (κ3) is 3.16. The number of thiophene rings is 1. The highest BCUT2D eigenvalue weighted by molar-refractivity contribution is 7.17. The fraction of sp³-hybridized carbons (Fsp3) is 0.0476. The first-order valence-electron chi connectivity index (χ1n) is 8.29. The summed E-state index contributed by atoms with van der Waals surface area (Å²) in [4.78, 5) is 26.1. The Bertz CT molecular complexity index is 1250. The second-order valence-corrected chi connectivity index (χ2v) is 7.42. The van der Waals surface area contributed by atoms with Gasteiger partial charge in [0.25, 0.3) is 5.56 Å². The zero-order valence-electron chi connectivity index (χ0n) is 14.3. The molecule has 0 unspecified atom stereocenters. The first-order chi connectivity index (χ1) is 13.1. The molecule has 0 spiro atoms. The van der Waals surface area contributed by atoms with Gasteiger partial charge in [-0.15, -0.1) is 11.3 Å². The summed E-state index contributed by atoms with van der Waals surface area (Å²) in [6.45, 7) is 4.12. The number of halogens is 1. The Balaban J connectivity index is 1.93. The Kier molecular flexibility index (Phi) is 4.56. The molecule has 4 rings (SSSR count). The second-order valence-electron chi connectivity index (χ2n) is 6.07. The maximum absolute atomic E-state index is 13.2. The summed E-state index contributed by atoms with van der Waals surface area (Å²) in [6.07, 6.45) is 1.77. The molecule has 0 saturated carbocycles. The Hall–Kier alpha value is -2.89. The molecule has 0 fully saturated rings. The monoisotopic (exact) mass is 394 g/mol. The molecule has 4 nitrogen and oxygen atoms in total. The number of benzene rings is 2. The normalized spacial score (nSPS) is 11.0. The van der Waals surface area contributed by atoms with Gasteiger partial charge in [0.2, 0.25) is 0 Å². The molecule has 0 aliphatic rings. The van der Waals surface area contributed by atoms with Crippen LogP contribution in [-0.4, -0.2) is 9.13 Å². The van der Waals surface area contributed by atoms with Crippen molar-refractivity contribution in [3.63, 3.8) is 0 Å². The standard InChI is InChI=1S/C21H15ClN2O2S/c1-2-14-3-5-15(6-4-14)13-23-18-11-12-27-19(18)20(25)24(21(23)26)17-9-7-16(22)8-10-17/h2-12H,1,13H2. The van der Waals surface area contributed by atoms with Crippen molar-refractivity contribution >= 4 is 39.2 Å². The van der Waals surface area contributed by atoms with Gasteiger partial charge in [-0.1, -0.05) is 48.5 Å². The molecular formula is C21H15ClN2O2S. The number of hydrogen-bond acceptors (Lipinski definition) is 3. The van der Waals surface area contributed by atoms with Gasteiger partial charge in [-0.25, -0.2) is 9.36 Å². The minimum Gasteiger partial charge on any atom is -0.288 e. The maximum Gasteiger partial charge on any atom is 0.336 e. The SMILES string of the molecule is C=Cc1ccc(Cn2c(=O)n(-c3ccc(Cl)cc3)c(=O)c3sccc32)cc1. The second kappa shape index (κ2) is 7.02. The van der Waals surface area contributed by atoms with Crippen molar-refractivity contribution in [3.8, 4) is 5.69 Å². The van der Waals surface area contributed by atoms with Gasteiger partial charge in [0.05, 0.1) is 17.7 Å². The molecule has 134 valence electrons. The van der Waals surface area contributed by atoms with E-state index in [4.69, 9.17) is 11.6 Å². The Morgan fingerprint density at radius 1 is 1.00 bits per heavy atom. The maximum atomic E-state index is 13.2. The van der Waals surface area contributed by atoms with Crippen LogP contribution in [0.15, 0.2) is 76.1 Å². The summed E-state index contributed by atoms with van der Waals surface area (Å²) in [6, 6.07) is 16.3. The van der Waals surface area contributed by atoms with E-state index < -0.39 is 0 Å². The Labute approximate surface area is 164 Å². The average Bonchev–Trinajstić information content (AvgIpc) is 3.17. The number of rotatable bonds is 4. The van der Waals surface area contributed by atoms with Crippen LogP contribution in [-0.2, 0) is 6.54 Å². The molecule has 0 aliphatic carbocycles. The largest absolute Gasteiger partial charge is 0.336 e. The van der Waals surface area contributed by atoms with Crippen molar-refractivity contribution in [2.24, 2.45) is 0 Å². The van der Waals surface area contributed by atoms with Gasteiger partial charge in [-0.3, -0.25) is 9.36 Å². The van der Waals surface area contributed by atoms with Crippen LogP contribution in [0.3, 0.4) is 0 Å². The third-order valence-electron chi connectivity index (χ3n) is 4.40. The Morgan fingerprint density at radius 3 is 2.37 bits per heavy atom. The highest BCUT2D eigenvalue weighted by atomic mass is 35.5. The quantitative estimate of drug-likeness (QED) is 0.509. The third-order valence-corrected chi connectivity index (χ3v) is 5.54. The van der Waals surface area contributed by atoms with Crippen LogP contribution >= 0.6 is 22.9 Å². The summed E-state index contributed by atoms with van der Waals surface area (Å²) >= 11 is 7.28. The van der Waals surface area contributed by atoms with E-state index in [9.17, 15) is 9.59 Å². The molecule has 0 amide bonds. The molecule has 2 heterocycles. The smallest absolute Gasteiger partial charge is 0.288 e. The van der Waals surface area contributed by atoms with Gasteiger partial charge in [0, 0.05) is 5.02 Å². The summed E-state index contributed by atoms with van der Waals surface area (Å²) in [5, 5.41) is 2.38. The number of fused-ring (bicyclic) bond motifs is 1. The van der Waals surface area contributed by atoms with Gasteiger partial charge < -0.3 is 0 Å². The van der Waals surface area contributed by atoms with Gasteiger partial charge in [0.15, 0.2) is 0 Å². The lowest BCUT2D eigenvalue weighted by Gasteiger charge is -2.12. The lowest BCUT2D eigenvalue weighted by atomic mass is 10.1. The minimum atomic E-state index is -0.374. The van der Waals surface area contributed by atoms with E-state index in [1.807, 2.05) is 35.7 Å². The molecule has 0 aliphatic heterocycles. The highest BCUT2D eigenvalue weighted by Crippen LogP contribution is 2.18. The lowest BCUT2D eigenvalue weighted by molar-refractivity contribution is 0.716. The fourth-order valence-electron chi connectivity index (χ4n) is 3.00. The van der Waals surface area contributed by atoms with Crippen LogP contribution in [0.25, 0.3) is 22.0 Å². The van der Waals surface area contributed by atoms with Crippen LogP contribution in [0.1, 0.15) is 11.1 Å². The molecule has 2 aromatic carbocycles. The van der Waals surface area contributed by atoms with Crippen LogP contribution < -0.4 is 11.2 Å². The Morgan fingerprint density at radius 2 is 1.70 bits per heavy atom. The number of nitrogens with zero attached hydrogens (tertiary/aromatic N) is 2. The molecule has 0 N–H and O–H groups in total. The molecule has 0 saturated heterocycles. The van der Waals surface area contributed by atoms with Crippen molar-refractivity contribution in [1.82, 2.24) is 9.13 Å². The van der Waals surface area contributed by atoms with E-state index in [2.05, 4.69) is 6.58 Å². The summed E-state index contributed by atoms with van der Waals surface area (Å²) < 4.78 is 3.38. The fourth-order valence-corrected chi connectivity index (χ4v) is 3.95. The zero-order valence-corrected chi connectivity index (χ0v) is 15.8. The topological polar surface area (TPSA) is 44.0 Å². The summed E-state index contributed by atoms with van der Waals surface area (Å²) in [7, 11) is 0. The average molecular weight is 395 g/mol. The van der Waals surface area contributed by atoms with Crippen molar-refractivity contribution in [2.75, 3.05) is 0 Å². The van der Waals surface area contributed by atoms with E-state index in [0.717, 1.165) is 11.1 Å². The lowest BCUT2D eigenvalue weighted by Crippen LogP contribution is -2.38. The molecule has 0 atom stereocenters. The van der Waals surface area contributed by atoms with Gasteiger partial charge >= 0.3 is 5.69 Å². The van der Waals surface area contributed by atoms with Gasteiger partial charge in [-0.05, 0) is 46.8 Å². The minimum absolute atomic E-state index is 0.314. The highest BCUT2D eigenvalue weighted by Gasteiger charge is 2.15. The first-order valence-corrected chi connectivity index (χ1v) is 9.54. The zero-order chi connectivity index (χ0) is 19.0. The van der Waals surface area contributed by atoms with Crippen LogP contribution in [0.4, 0.5) is 0 Å². The van der Waals surface area contributed by atoms with E-state index in [0.29, 0.717) is 27.5 Å². The van der Waals surface area contributed by atoms with Crippen molar-refractivity contribution < 1.29 is 0 Å². The van der Waals surface area contributed by atoms with Crippen molar-refractivity contribution in [1.29, 1.82) is 0 Å². The molecule has 2 aromatic heterocycles. The molecule has 0 radical (unpaired) electrons. The first kappa shape index (κ1) is 17.5. The van der Waals surface area contributed by atoms with Crippen molar-refractivity contribution in [3.05, 3.63) is 104 Å². The number of aromatic nitrogens is 2. The van der Waals surface area contributed by atoms with Crippen LogP contribution in [0, 0.1) is 0 Å². The van der Waals surface area contributed by atoms with E-state index in [1.165, 1.54) is 15.9 Å². The van der Waals surface area contributed by atoms with E-state index in [-0.39, 0.29) is 11.2 Å². The predicted molar refractivity (Wildman–Crippen MR) is 112 cm³/mol. The van der Waals surface area contributed by atoms with Gasteiger partial charge in [0.1, 0.15) is 4.70 Å². The molecule has 27 heavy (non-hydrogen) atoms. The van der Waals surface area contributed by atoms with E-state index >= 15 is 0 Å². The molecular weight excluding hydrogens is 380 g/mol. The van der Waals surface area contributed by atoms with Crippen LogP contribution in [0.2, 0.25) is 5.02 Å². The number of hydrogen-bond donors (Lipinski definition) is 0. The summed E-state index contributed by atoms with van der Waals surface area (Å²) in [5.74, 6) is 0. The van der Waals surface area contributed by atoms with Gasteiger partial charge in [-0.2, -0.15) is 0 Å². The predicted octanol–water partition coefficient (Wildman–Crippen LogP) is 4.56. The summed E-state index contributed by atoms with van der Waals surface area (Å²) in [5.41, 5.74) is 2.44. The molecule has 6 heteroatoms. The van der Waals surface area contributed by atoms with Crippen molar-refractivity contribution in [2.45, 2.75) is 6.54 Å². The van der Waals surface area contributed by atoms with E-state index in [1.54, 1.807) is 34.9 Å². The molecule has 0 bridgehead atoms. The molecule has 4 aromatic rings.